The summed E-state index contributed by atoms with van der Waals surface area (Å²) in [6.45, 7) is -0.270. The van der Waals surface area contributed by atoms with Gasteiger partial charge in [0.05, 0.1) is 12.1 Å². The maximum Gasteiger partial charge on any atom is 0.164 e. The molecule has 14 heavy (non-hydrogen) atoms. The molecule has 0 spiro atoms. The van der Waals surface area contributed by atoms with Gasteiger partial charge in [0.1, 0.15) is 5.82 Å². The molecule has 0 aromatic heterocycles. The molecule has 0 saturated carbocycles. The van der Waals surface area contributed by atoms with E-state index in [4.69, 9.17) is 21.4 Å². The van der Waals surface area contributed by atoms with E-state index in [0.29, 0.717) is 0 Å². The summed E-state index contributed by atoms with van der Waals surface area (Å²) in [7, 11) is 1.34. The quantitative estimate of drug-likeness (QED) is 0.816. The van der Waals surface area contributed by atoms with Gasteiger partial charge in [0, 0.05) is 24.7 Å². The number of ether oxygens (including phenoxy) is 1. The molecule has 1 aromatic rings. The number of aromatic hydroxyl groups is 1. The van der Waals surface area contributed by atoms with Crippen LogP contribution in [0.2, 0.25) is 5.02 Å². The summed E-state index contributed by atoms with van der Waals surface area (Å²) < 4.78 is 18.1. The first-order valence-corrected chi connectivity index (χ1v) is 4.34. The number of benzene rings is 1. The van der Waals surface area contributed by atoms with Gasteiger partial charge in [-0.1, -0.05) is 11.6 Å². The summed E-state index contributed by atoms with van der Waals surface area (Å²) in [5.41, 5.74) is -0.0307. The molecule has 0 atom stereocenters. The van der Waals surface area contributed by atoms with Gasteiger partial charge in [0.25, 0.3) is 0 Å². The van der Waals surface area contributed by atoms with Crippen LogP contribution in [-0.4, -0.2) is 23.9 Å². The zero-order valence-corrected chi connectivity index (χ0v) is 8.31. The van der Waals surface area contributed by atoms with Crippen LogP contribution >= 0.6 is 11.6 Å². The normalized spacial score (nSPS) is 10.3. The third-order valence-corrected chi connectivity index (χ3v) is 2.11. The van der Waals surface area contributed by atoms with Crippen molar-refractivity contribution in [2.24, 2.45) is 0 Å². The van der Waals surface area contributed by atoms with Crippen LogP contribution in [0.5, 0.6) is 11.5 Å². The molecule has 0 aliphatic heterocycles. The van der Waals surface area contributed by atoms with E-state index < -0.39 is 5.82 Å². The highest BCUT2D eigenvalue weighted by Crippen LogP contribution is 2.36. The van der Waals surface area contributed by atoms with E-state index >= 15 is 0 Å². The van der Waals surface area contributed by atoms with Crippen LogP contribution in [0.1, 0.15) is 5.56 Å². The van der Waals surface area contributed by atoms with Crippen LogP contribution < -0.4 is 4.74 Å². The van der Waals surface area contributed by atoms with Crippen molar-refractivity contribution in [2.45, 2.75) is 6.42 Å². The number of rotatable bonds is 3. The maximum absolute atomic E-state index is 13.3. The highest BCUT2D eigenvalue weighted by molar-refractivity contribution is 6.31. The van der Waals surface area contributed by atoms with E-state index in [0.717, 1.165) is 0 Å². The first kappa shape index (κ1) is 11.1. The monoisotopic (exact) mass is 220 g/mol. The highest BCUT2D eigenvalue weighted by Gasteiger charge is 2.16. The van der Waals surface area contributed by atoms with E-state index in [1.165, 1.54) is 13.2 Å². The van der Waals surface area contributed by atoms with E-state index in [1.807, 2.05) is 0 Å². The number of aliphatic hydroxyl groups is 1. The third-order valence-electron chi connectivity index (χ3n) is 1.83. The molecule has 5 heteroatoms. The Morgan fingerprint density at radius 3 is 2.71 bits per heavy atom. The lowest BCUT2D eigenvalue weighted by Gasteiger charge is -2.10. The summed E-state index contributed by atoms with van der Waals surface area (Å²) in [5.74, 6) is -0.942. The van der Waals surface area contributed by atoms with Crippen molar-refractivity contribution in [3.63, 3.8) is 0 Å². The van der Waals surface area contributed by atoms with Gasteiger partial charge in [-0.2, -0.15) is 0 Å². The Kier molecular flexibility index (Phi) is 3.55. The molecule has 0 radical (unpaired) electrons. The fourth-order valence-electron chi connectivity index (χ4n) is 1.14. The van der Waals surface area contributed by atoms with Crippen LogP contribution in [0, 0.1) is 5.82 Å². The number of methoxy groups -OCH3 is 1. The molecule has 1 aromatic carbocycles. The van der Waals surface area contributed by atoms with Gasteiger partial charge in [-0.3, -0.25) is 0 Å². The molecule has 0 amide bonds. The SMILES string of the molecule is COc1cc(Cl)c(F)c(CCO)c1O. The van der Waals surface area contributed by atoms with Crippen molar-refractivity contribution in [1.29, 1.82) is 0 Å². The Bertz CT molecular complexity index is 341. The standard InChI is InChI=1S/C9H10ClFO3/c1-14-7-4-6(10)8(11)5(2-3-12)9(7)13/h4,12-13H,2-3H2,1H3. The Balaban J connectivity index is 3.29. The molecular weight excluding hydrogens is 211 g/mol. The maximum atomic E-state index is 13.3. The number of halogens is 2. The van der Waals surface area contributed by atoms with Crippen LogP contribution in [0.4, 0.5) is 4.39 Å². The molecule has 0 unspecified atom stereocenters. The lowest BCUT2D eigenvalue weighted by atomic mass is 10.1. The zero-order chi connectivity index (χ0) is 10.7. The predicted octanol–water partition coefficient (Wildman–Crippen LogP) is 1.73. The molecule has 2 N–H and O–H groups in total. The Labute approximate surface area is 85.7 Å². The predicted molar refractivity (Wildman–Crippen MR) is 50.4 cm³/mol. The number of hydrogen-bond donors (Lipinski definition) is 2. The van der Waals surface area contributed by atoms with Crippen molar-refractivity contribution >= 4 is 11.6 Å². The molecule has 0 saturated heterocycles. The summed E-state index contributed by atoms with van der Waals surface area (Å²) in [6.07, 6.45) is -0.00537. The number of hydrogen-bond acceptors (Lipinski definition) is 3. The minimum Gasteiger partial charge on any atom is -0.504 e. The average Bonchev–Trinajstić information content (AvgIpc) is 2.18. The van der Waals surface area contributed by atoms with Crippen molar-refractivity contribution in [1.82, 2.24) is 0 Å². The van der Waals surface area contributed by atoms with Crippen molar-refractivity contribution in [3.8, 4) is 11.5 Å². The van der Waals surface area contributed by atoms with Gasteiger partial charge in [0.15, 0.2) is 11.5 Å². The minimum atomic E-state index is -0.723. The highest BCUT2D eigenvalue weighted by atomic mass is 35.5. The Morgan fingerprint density at radius 2 is 2.21 bits per heavy atom. The average molecular weight is 221 g/mol. The van der Waals surface area contributed by atoms with Gasteiger partial charge in [0.2, 0.25) is 0 Å². The molecule has 0 fully saturated rings. The second-order valence-corrected chi connectivity index (χ2v) is 3.08. The van der Waals surface area contributed by atoms with E-state index in [1.54, 1.807) is 0 Å². The first-order chi connectivity index (χ1) is 6.61. The summed E-state index contributed by atoms with van der Waals surface area (Å²) >= 11 is 5.56. The Morgan fingerprint density at radius 1 is 1.57 bits per heavy atom. The summed E-state index contributed by atoms with van der Waals surface area (Å²) in [5, 5.41) is 18.0. The summed E-state index contributed by atoms with van der Waals surface area (Å²) in [4.78, 5) is 0. The van der Waals surface area contributed by atoms with E-state index in [9.17, 15) is 9.50 Å². The molecule has 0 aliphatic carbocycles. The van der Waals surface area contributed by atoms with E-state index in [2.05, 4.69) is 0 Å². The molecule has 78 valence electrons. The van der Waals surface area contributed by atoms with Crippen molar-refractivity contribution in [2.75, 3.05) is 13.7 Å². The number of phenolic OH excluding ortho intramolecular Hbond substituents is 1. The van der Waals surface area contributed by atoms with Gasteiger partial charge in [-0.15, -0.1) is 0 Å². The van der Waals surface area contributed by atoms with E-state index in [-0.39, 0.29) is 35.1 Å². The number of phenols is 1. The largest absolute Gasteiger partial charge is 0.504 e. The lowest BCUT2D eigenvalue weighted by Crippen LogP contribution is -1.98. The van der Waals surface area contributed by atoms with Gasteiger partial charge >= 0.3 is 0 Å². The lowest BCUT2D eigenvalue weighted by molar-refractivity contribution is 0.293. The van der Waals surface area contributed by atoms with Gasteiger partial charge < -0.3 is 14.9 Å². The second-order valence-electron chi connectivity index (χ2n) is 2.68. The van der Waals surface area contributed by atoms with Crippen LogP contribution in [0.25, 0.3) is 0 Å². The first-order valence-electron chi connectivity index (χ1n) is 3.96. The number of aliphatic hydroxyl groups excluding tert-OH is 1. The Hall–Kier alpha value is -1.00. The topological polar surface area (TPSA) is 49.7 Å². The smallest absolute Gasteiger partial charge is 0.164 e. The van der Waals surface area contributed by atoms with Gasteiger partial charge in [-0.25, -0.2) is 4.39 Å². The molecular formula is C9H10ClFO3. The minimum absolute atomic E-state index is 0.00537. The van der Waals surface area contributed by atoms with Crippen molar-refractivity contribution < 1.29 is 19.3 Å². The second kappa shape index (κ2) is 4.48. The molecule has 0 heterocycles. The zero-order valence-electron chi connectivity index (χ0n) is 7.55. The van der Waals surface area contributed by atoms with Gasteiger partial charge in [-0.05, 0) is 0 Å². The fraction of sp³-hybridized carbons (Fsp3) is 0.333. The van der Waals surface area contributed by atoms with Crippen LogP contribution in [-0.2, 0) is 6.42 Å². The molecule has 0 aliphatic rings. The molecule has 1 rings (SSSR count). The van der Waals surface area contributed by atoms with Crippen molar-refractivity contribution in [3.05, 3.63) is 22.5 Å². The molecule has 3 nitrogen and oxygen atoms in total. The molecule has 0 bridgehead atoms. The summed E-state index contributed by atoms with van der Waals surface area (Å²) in [6, 6.07) is 1.19. The fourth-order valence-corrected chi connectivity index (χ4v) is 1.35. The van der Waals surface area contributed by atoms with Crippen LogP contribution in [0.3, 0.4) is 0 Å². The van der Waals surface area contributed by atoms with Crippen LogP contribution in [0.15, 0.2) is 6.07 Å². The third kappa shape index (κ3) is 1.91.